The van der Waals surface area contributed by atoms with Gasteiger partial charge in [-0.25, -0.2) is 0 Å². The van der Waals surface area contributed by atoms with Gasteiger partial charge in [0.1, 0.15) is 0 Å². The number of nitrogens with one attached hydrogen (secondary N) is 1. The molecule has 0 fully saturated rings. The van der Waals surface area contributed by atoms with Gasteiger partial charge in [-0.1, -0.05) is 0 Å². The highest BCUT2D eigenvalue weighted by atomic mass is 19.1. The summed E-state index contributed by atoms with van der Waals surface area (Å²) in [5.41, 5.74) is 0.917. The van der Waals surface area contributed by atoms with Gasteiger partial charge in [-0.3, -0.25) is 14.8 Å². The largest absolute Gasteiger partial charge is 0.378 e. The van der Waals surface area contributed by atoms with E-state index in [-0.39, 0.29) is 6.04 Å². The molecule has 0 aliphatic heterocycles. The van der Waals surface area contributed by atoms with E-state index in [9.17, 15) is 14.5 Å². The lowest BCUT2D eigenvalue weighted by Crippen LogP contribution is -2.06. The molecule has 0 spiro atoms. The van der Waals surface area contributed by atoms with Crippen molar-refractivity contribution >= 4 is 11.4 Å². The summed E-state index contributed by atoms with van der Waals surface area (Å²) < 4.78 is 15.0. The zero-order chi connectivity index (χ0) is 14.7. The SMILES string of the molecule is CCn1cc(C(C)Nc2ccc(F)c([N+](=O)[O-])c2)cn1. The van der Waals surface area contributed by atoms with E-state index in [1.54, 1.807) is 10.9 Å². The maximum atomic E-state index is 13.2. The number of rotatable bonds is 5. The van der Waals surface area contributed by atoms with Crippen molar-refractivity contribution in [3.8, 4) is 0 Å². The Hall–Kier alpha value is -2.44. The highest BCUT2D eigenvalue weighted by Crippen LogP contribution is 2.25. The third-order valence-electron chi connectivity index (χ3n) is 3.00. The van der Waals surface area contributed by atoms with Crippen molar-refractivity contribution in [2.45, 2.75) is 26.4 Å². The maximum absolute atomic E-state index is 13.2. The van der Waals surface area contributed by atoms with Crippen LogP contribution in [0, 0.1) is 15.9 Å². The second kappa shape index (κ2) is 5.68. The van der Waals surface area contributed by atoms with Gasteiger partial charge in [-0.05, 0) is 26.0 Å². The van der Waals surface area contributed by atoms with E-state index in [0.29, 0.717) is 5.69 Å². The number of aromatic nitrogens is 2. The van der Waals surface area contributed by atoms with Crippen LogP contribution in [0.5, 0.6) is 0 Å². The molecule has 106 valence electrons. The van der Waals surface area contributed by atoms with Crippen LogP contribution in [0.25, 0.3) is 0 Å². The smallest absolute Gasteiger partial charge is 0.306 e. The van der Waals surface area contributed by atoms with E-state index in [4.69, 9.17) is 0 Å². The van der Waals surface area contributed by atoms with E-state index < -0.39 is 16.4 Å². The normalized spacial score (nSPS) is 12.2. The van der Waals surface area contributed by atoms with Crippen molar-refractivity contribution in [2.24, 2.45) is 0 Å². The summed E-state index contributed by atoms with van der Waals surface area (Å²) >= 11 is 0. The van der Waals surface area contributed by atoms with Crippen LogP contribution < -0.4 is 5.32 Å². The highest BCUT2D eigenvalue weighted by molar-refractivity contribution is 5.52. The summed E-state index contributed by atoms with van der Waals surface area (Å²) in [6.45, 7) is 4.67. The minimum atomic E-state index is -0.841. The van der Waals surface area contributed by atoms with Crippen molar-refractivity contribution in [3.05, 3.63) is 52.1 Å². The highest BCUT2D eigenvalue weighted by Gasteiger charge is 2.15. The number of nitro groups is 1. The lowest BCUT2D eigenvalue weighted by Gasteiger charge is -2.13. The molecule has 1 atom stereocenters. The second-order valence-electron chi connectivity index (χ2n) is 4.42. The third-order valence-corrected chi connectivity index (χ3v) is 3.00. The van der Waals surface area contributed by atoms with Crippen LogP contribution in [-0.4, -0.2) is 14.7 Å². The summed E-state index contributed by atoms with van der Waals surface area (Å²) in [5, 5.41) is 18.0. The topological polar surface area (TPSA) is 73.0 Å². The van der Waals surface area contributed by atoms with Gasteiger partial charge in [-0.15, -0.1) is 0 Å². The van der Waals surface area contributed by atoms with Gasteiger partial charge in [0.2, 0.25) is 5.82 Å². The Labute approximate surface area is 115 Å². The van der Waals surface area contributed by atoms with Gasteiger partial charge in [0, 0.05) is 30.1 Å². The fourth-order valence-electron chi connectivity index (χ4n) is 1.85. The van der Waals surface area contributed by atoms with E-state index >= 15 is 0 Å². The molecule has 1 aromatic carbocycles. The Bertz CT molecular complexity index is 627. The fraction of sp³-hybridized carbons (Fsp3) is 0.308. The van der Waals surface area contributed by atoms with Gasteiger partial charge in [-0.2, -0.15) is 9.49 Å². The fourth-order valence-corrected chi connectivity index (χ4v) is 1.85. The van der Waals surface area contributed by atoms with Gasteiger partial charge in [0.25, 0.3) is 0 Å². The van der Waals surface area contributed by atoms with Crippen molar-refractivity contribution in [1.82, 2.24) is 9.78 Å². The number of hydrogen-bond donors (Lipinski definition) is 1. The molecule has 0 aliphatic carbocycles. The van der Waals surface area contributed by atoms with Crippen LogP contribution >= 0.6 is 0 Å². The zero-order valence-electron chi connectivity index (χ0n) is 11.2. The van der Waals surface area contributed by atoms with E-state index in [1.807, 2.05) is 20.0 Å². The molecule has 0 amide bonds. The molecular weight excluding hydrogens is 263 g/mol. The molecule has 0 aliphatic rings. The summed E-state index contributed by atoms with van der Waals surface area (Å²) in [4.78, 5) is 9.96. The van der Waals surface area contributed by atoms with Crippen molar-refractivity contribution in [2.75, 3.05) is 5.32 Å². The average molecular weight is 278 g/mol. The summed E-state index contributed by atoms with van der Waals surface area (Å²) in [7, 11) is 0. The zero-order valence-corrected chi connectivity index (χ0v) is 11.2. The summed E-state index contributed by atoms with van der Waals surface area (Å²) in [6, 6.07) is 3.67. The standard InChI is InChI=1S/C13H15FN4O2/c1-3-17-8-10(7-15-17)9(2)16-11-4-5-12(14)13(6-11)18(19)20/h4-9,16H,3H2,1-2H3. The molecule has 1 N–H and O–H groups in total. The predicted molar refractivity (Wildman–Crippen MR) is 73.0 cm³/mol. The number of hydrogen-bond acceptors (Lipinski definition) is 4. The van der Waals surface area contributed by atoms with E-state index in [1.165, 1.54) is 12.1 Å². The van der Waals surface area contributed by atoms with Crippen LogP contribution in [0.15, 0.2) is 30.6 Å². The number of nitrogens with zero attached hydrogens (tertiary/aromatic N) is 3. The van der Waals surface area contributed by atoms with Gasteiger partial charge < -0.3 is 5.32 Å². The number of halogens is 1. The van der Waals surface area contributed by atoms with Crippen LogP contribution in [0.3, 0.4) is 0 Å². The Kier molecular flexibility index (Phi) is 3.97. The van der Waals surface area contributed by atoms with Gasteiger partial charge >= 0.3 is 5.69 Å². The average Bonchev–Trinajstić information content (AvgIpc) is 2.89. The third kappa shape index (κ3) is 2.93. The Morgan fingerprint density at radius 1 is 1.55 bits per heavy atom. The van der Waals surface area contributed by atoms with E-state index in [2.05, 4.69) is 10.4 Å². The molecular formula is C13H15FN4O2. The molecule has 1 heterocycles. The molecule has 0 saturated heterocycles. The Balaban J connectivity index is 2.17. The van der Waals surface area contributed by atoms with Gasteiger partial charge in [0.15, 0.2) is 0 Å². The molecule has 1 unspecified atom stereocenters. The van der Waals surface area contributed by atoms with Crippen LogP contribution in [0.4, 0.5) is 15.8 Å². The van der Waals surface area contributed by atoms with Crippen molar-refractivity contribution in [1.29, 1.82) is 0 Å². The molecule has 2 aromatic rings. The number of benzene rings is 1. The summed E-state index contributed by atoms with van der Waals surface area (Å²) in [5.74, 6) is -0.841. The molecule has 0 radical (unpaired) electrons. The number of aryl methyl sites for hydroxylation is 1. The van der Waals surface area contributed by atoms with E-state index in [0.717, 1.165) is 18.2 Å². The first-order chi connectivity index (χ1) is 9.51. The summed E-state index contributed by atoms with van der Waals surface area (Å²) in [6.07, 6.45) is 3.63. The first-order valence-corrected chi connectivity index (χ1v) is 6.24. The van der Waals surface area contributed by atoms with Crippen LogP contribution in [0.1, 0.15) is 25.5 Å². The molecule has 20 heavy (non-hydrogen) atoms. The van der Waals surface area contributed by atoms with Gasteiger partial charge in [0.05, 0.1) is 17.2 Å². The Morgan fingerprint density at radius 2 is 2.30 bits per heavy atom. The predicted octanol–water partition coefficient (Wildman–Crippen LogP) is 3.12. The Morgan fingerprint density at radius 3 is 2.90 bits per heavy atom. The molecule has 7 heteroatoms. The monoisotopic (exact) mass is 278 g/mol. The molecule has 1 aromatic heterocycles. The first kappa shape index (κ1) is 14.0. The minimum absolute atomic E-state index is 0.0830. The number of anilines is 1. The number of nitro benzene ring substituents is 1. The molecule has 6 nitrogen and oxygen atoms in total. The quantitative estimate of drug-likeness (QED) is 0.673. The molecule has 0 bridgehead atoms. The van der Waals surface area contributed by atoms with Crippen molar-refractivity contribution in [3.63, 3.8) is 0 Å². The maximum Gasteiger partial charge on any atom is 0.306 e. The lowest BCUT2D eigenvalue weighted by molar-refractivity contribution is -0.387. The molecule has 2 rings (SSSR count). The minimum Gasteiger partial charge on any atom is -0.378 e. The second-order valence-corrected chi connectivity index (χ2v) is 4.42. The van der Waals surface area contributed by atoms with Crippen LogP contribution in [-0.2, 0) is 6.54 Å². The first-order valence-electron chi connectivity index (χ1n) is 6.24. The van der Waals surface area contributed by atoms with Crippen LogP contribution in [0.2, 0.25) is 0 Å². The molecule has 0 saturated carbocycles. The lowest BCUT2D eigenvalue weighted by atomic mass is 10.1. The van der Waals surface area contributed by atoms with Crippen molar-refractivity contribution < 1.29 is 9.31 Å².